The van der Waals surface area contributed by atoms with Crippen molar-refractivity contribution in [3.05, 3.63) is 117 Å². The molecular formula is C28H26O4Si. The lowest BCUT2D eigenvalue weighted by atomic mass is 9.60. The van der Waals surface area contributed by atoms with Gasteiger partial charge in [-0.15, -0.1) is 0 Å². The lowest BCUT2D eigenvalue weighted by Gasteiger charge is -2.57. The number of rotatable bonds is 4. The standard InChI is InChI=1S/C28H26O4Si/c1-31-25(29)17-24(27(30)32-2)33(3,4)28-21-14-8-5-11-18(21)26(19-12-6-9-15-22(19)28)20-13-7-10-16-23(20)28/h5-17,26H,1-4H3/b24-17-. The van der Waals surface area contributed by atoms with E-state index in [9.17, 15) is 9.59 Å². The predicted octanol–water partition coefficient (Wildman–Crippen LogP) is 4.89. The van der Waals surface area contributed by atoms with Gasteiger partial charge in [0.25, 0.3) is 0 Å². The molecule has 2 bridgehead atoms. The van der Waals surface area contributed by atoms with Crippen molar-refractivity contribution in [1.82, 2.24) is 0 Å². The van der Waals surface area contributed by atoms with Crippen LogP contribution in [0.4, 0.5) is 0 Å². The molecule has 0 amide bonds. The predicted molar refractivity (Wildman–Crippen MR) is 130 cm³/mol. The summed E-state index contributed by atoms with van der Waals surface area (Å²) in [5.41, 5.74) is 7.42. The Hall–Kier alpha value is -3.44. The third-order valence-corrected chi connectivity index (χ3v) is 11.9. The Morgan fingerprint density at radius 1 is 0.758 bits per heavy atom. The number of hydrogen-bond donors (Lipinski definition) is 0. The number of esters is 2. The summed E-state index contributed by atoms with van der Waals surface area (Å²) in [7, 11) is -0.185. The molecule has 0 fully saturated rings. The average molecular weight is 455 g/mol. The number of benzene rings is 3. The van der Waals surface area contributed by atoms with Gasteiger partial charge in [0.1, 0.15) is 8.07 Å². The summed E-state index contributed by atoms with van der Waals surface area (Å²) < 4.78 is 10.2. The van der Waals surface area contributed by atoms with E-state index in [2.05, 4.69) is 85.9 Å². The normalized spacial score (nSPS) is 20.4. The zero-order valence-electron chi connectivity index (χ0n) is 19.2. The first-order valence-corrected chi connectivity index (χ1v) is 14.1. The Kier molecular flexibility index (Phi) is 4.90. The van der Waals surface area contributed by atoms with Crippen molar-refractivity contribution in [2.75, 3.05) is 14.2 Å². The van der Waals surface area contributed by atoms with Gasteiger partial charge in [-0.05, 0) is 33.4 Å². The summed E-state index contributed by atoms with van der Waals surface area (Å²) in [4.78, 5) is 25.6. The molecule has 0 heterocycles. The Balaban J connectivity index is 1.95. The maximum absolute atomic E-state index is 13.2. The molecule has 0 saturated carbocycles. The Morgan fingerprint density at radius 3 is 1.58 bits per heavy atom. The van der Waals surface area contributed by atoms with E-state index in [0.717, 1.165) is 0 Å². The minimum atomic E-state index is -2.88. The van der Waals surface area contributed by atoms with Gasteiger partial charge in [-0.25, -0.2) is 9.59 Å². The van der Waals surface area contributed by atoms with Crippen LogP contribution in [-0.2, 0) is 24.1 Å². The first kappa shape index (κ1) is 21.4. The summed E-state index contributed by atoms with van der Waals surface area (Å²) in [6, 6.07) is 25.6. The number of carbonyl (C=O) groups is 2. The minimum absolute atomic E-state index is 0.145. The molecule has 0 aliphatic heterocycles. The smallest absolute Gasteiger partial charge is 0.330 e. The van der Waals surface area contributed by atoms with Crippen LogP contribution in [0.15, 0.2) is 84.1 Å². The highest BCUT2D eigenvalue weighted by atomic mass is 28.3. The van der Waals surface area contributed by atoms with Crippen LogP contribution in [0.5, 0.6) is 0 Å². The molecule has 0 spiro atoms. The van der Waals surface area contributed by atoms with E-state index in [1.54, 1.807) is 0 Å². The molecule has 3 aliphatic rings. The van der Waals surface area contributed by atoms with Crippen molar-refractivity contribution >= 4 is 20.0 Å². The van der Waals surface area contributed by atoms with Crippen LogP contribution in [-0.4, -0.2) is 34.2 Å². The van der Waals surface area contributed by atoms with Crippen molar-refractivity contribution in [3.63, 3.8) is 0 Å². The van der Waals surface area contributed by atoms with Crippen molar-refractivity contribution in [1.29, 1.82) is 0 Å². The van der Waals surface area contributed by atoms with Crippen LogP contribution in [0, 0.1) is 0 Å². The van der Waals surface area contributed by atoms with Crippen LogP contribution in [0.3, 0.4) is 0 Å². The van der Waals surface area contributed by atoms with E-state index in [1.807, 2.05) is 0 Å². The zero-order valence-corrected chi connectivity index (χ0v) is 20.2. The van der Waals surface area contributed by atoms with Crippen LogP contribution in [0.1, 0.15) is 39.3 Å². The van der Waals surface area contributed by atoms with Crippen molar-refractivity contribution in [2.24, 2.45) is 0 Å². The van der Waals surface area contributed by atoms with Gasteiger partial charge >= 0.3 is 11.9 Å². The van der Waals surface area contributed by atoms with Crippen molar-refractivity contribution in [2.45, 2.75) is 24.1 Å². The van der Waals surface area contributed by atoms with E-state index < -0.39 is 25.1 Å². The number of carbonyl (C=O) groups excluding carboxylic acids is 2. The van der Waals surface area contributed by atoms with Crippen molar-refractivity contribution < 1.29 is 19.1 Å². The number of methoxy groups -OCH3 is 2. The maximum atomic E-state index is 13.2. The third kappa shape index (κ3) is 2.69. The van der Waals surface area contributed by atoms with Crippen LogP contribution >= 0.6 is 0 Å². The minimum Gasteiger partial charge on any atom is -0.466 e. The molecule has 166 valence electrons. The largest absolute Gasteiger partial charge is 0.466 e. The highest BCUT2D eigenvalue weighted by molar-refractivity contribution is 6.92. The zero-order chi connectivity index (χ0) is 23.4. The third-order valence-electron chi connectivity index (χ3n) is 7.51. The van der Waals surface area contributed by atoms with Gasteiger partial charge in [-0.1, -0.05) is 85.9 Å². The second-order valence-electron chi connectivity index (χ2n) is 9.14. The molecule has 0 radical (unpaired) electrons. The van der Waals surface area contributed by atoms with Gasteiger partial charge in [0.15, 0.2) is 0 Å². The fourth-order valence-corrected chi connectivity index (χ4v) is 10.4. The van der Waals surface area contributed by atoms with E-state index >= 15 is 0 Å². The molecule has 5 heteroatoms. The second-order valence-corrected chi connectivity index (χ2v) is 13.7. The van der Waals surface area contributed by atoms with E-state index in [0.29, 0.717) is 5.20 Å². The molecule has 0 saturated heterocycles. The first-order valence-electron chi connectivity index (χ1n) is 11.1. The van der Waals surface area contributed by atoms with Gasteiger partial charge in [0.2, 0.25) is 0 Å². The van der Waals surface area contributed by atoms with E-state index in [1.165, 1.54) is 53.7 Å². The highest BCUT2D eigenvalue weighted by Gasteiger charge is 2.61. The first-order chi connectivity index (χ1) is 15.9. The monoisotopic (exact) mass is 454 g/mol. The second kappa shape index (κ2) is 7.56. The number of hydrogen-bond acceptors (Lipinski definition) is 4. The van der Waals surface area contributed by atoms with Crippen molar-refractivity contribution in [3.8, 4) is 0 Å². The highest BCUT2D eigenvalue weighted by Crippen LogP contribution is 2.63. The summed E-state index contributed by atoms with van der Waals surface area (Å²) >= 11 is 0. The molecule has 0 atom stereocenters. The Morgan fingerprint density at radius 2 is 1.18 bits per heavy atom. The van der Waals surface area contributed by atoms with Gasteiger partial charge in [-0.3, -0.25) is 0 Å². The molecule has 33 heavy (non-hydrogen) atoms. The molecular weight excluding hydrogens is 428 g/mol. The summed E-state index contributed by atoms with van der Waals surface area (Å²) in [5.74, 6) is -0.884. The number of ether oxygens (including phenoxy) is 2. The Bertz CT molecular complexity index is 1210. The molecule has 3 aliphatic carbocycles. The SMILES string of the molecule is COC(=O)/C=C(/C(=O)OC)[Si](C)(C)C12c3ccccc3C(c3ccccc31)c1ccccc12. The lowest BCUT2D eigenvalue weighted by Crippen LogP contribution is -2.61. The molecule has 0 N–H and O–H groups in total. The lowest BCUT2D eigenvalue weighted by molar-refractivity contribution is -0.138. The van der Waals surface area contributed by atoms with Gasteiger partial charge in [0.05, 0.1) is 14.2 Å². The average Bonchev–Trinajstić information content (AvgIpc) is 2.86. The topological polar surface area (TPSA) is 52.6 Å². The summed E-state index contributed by atoms with van der Waals surface area (Å²) in [6.07, 6.45) is 1.35. The Labute approximate surface area is 194 Å². The molecule has 6 rings (SSSR count). The fourth-order valence-electron chi connectivity index (χ4n) is 6.20. The maximum Gasteiger partial charge on any atom is 0.330 e. The van der Waals surface area contributed by atoms with Crippen LogP contribution in [0.2, 0.25) is 13.1 Å². The summed E-state index contributed by atoms with van der Waals surface area (Å²) in [6.45, 7) is 4.32. The van der Waals surface area contributed by atoms with Crippen LogP contribution < -0.4 is 0 Å². The van der Waals surface area contributed by atoms with Gasteiger partial charge < -0.3 is 9.47 Å². The molecule has 0 unspecified atom stereocenters. The van der Waals surface area contributed by atoms with Gasteiger partial charge in [0, 0.05) is 22.2 Å². The molecule has 3 aromatic rings. The van der Waals surface area contributed by atoms with E-state index in [-0.39, 0.29) is 5.92 Å². The molecule has 0 aromatic heterocycles. The fraction of sp³-hybridized carbons (Fsp3) is 0.214. The van der Waals surface area contributed by atoms with E-state index in [4.69, 9.17) is 9.47 Å². The summed E-state index contributed by atoms with van der Waals surface area (Å²) in [5, 5.41) is -0.156. The van der Waals surface area contributed by atoms with Crippen LogP contribution in [0.25, 0.3) is 0 Å². The molecule has 4 nitrogen and oxygen atoms in total. The molecule has 3 aromatic carbocycles. The quantitative estimate of drug-likeness (QED) is 0.320. The van der Waals surface area contributed by atoms with Gasteiger partial charge in [-0.2, -0.15) is 0 Å².